The Morgan fingerprint density at radius 2 is 0.929 bits per heavy atom. The van der Waals surface area contributed by atoms with Gasteiger partial charge in [-0.15, -0.1) is 13.2 Å². The van der Waals surface area contributed by atoms with Gasteiger partial charge in [0.2, 0.25) is 0 Å². The molecule has 0 heteroatoms. The summed E-state index contributed by atoms with van der Waals surface area (Å²) in [5.74, 6) is 0. The van der Waals surface area contributed by atoms with Crippen LogP contribution >= 0.6 is 0 Å². The fourth-order valence-electron chi connectivity index (χ4n) is 0.664. The minimum absolute atomic E-state index is 1.09. The highest BCUT2D eigenvalue weighted by Gasteiger charge is 1.75. The van der Waals surface area contributed by atoms with E-state index in [4.69, 9.17) is 0 Å². The van der Waals surface area contributed by atoms with Gasteiger partial charge < -0.3 is 0 Å². The van der Waals surface area contributed by atoms with Crippen molar-refractivity contribution in [2.24, 2.45) is 0 Å². The maximum atomic E-state index is 3.64. The first-order chi connectivity index (χ1) is 6.83. The van der Waals surface area contributed by atoms with E-state index in [0.717, 1.165) is 25.7 Å². The topological polar surface area (TPSA) is 0 Å². The van der Waals surface area contributed by atoms with Gasteiger partial charge in [-0.1, -0.05) is 49.6 Å². The van der Waals surface area contributed by atoms with Crippen LogP contribution < -0.4 is 0 Å². The molecule has 0 aromatic rings. The summed E-state index contributed by atoms with van der Waals surface area (Å²) >= 11 is 0. The van der Waals surface area contributed by atoms with Crippen LogP contribution in [0.2, 0.25) is 0 Å². The molecule has 0 atom stereocenters. The standard InChI is InChI=1S/C10H16.C4H6/c1-3-5-7-9-10-8-6-4-2;1-3-4-2/h3-4,9-10H,1-2,5-8H2;3-4H,1-2H2/b10-9+;. The lowest BCUT2D eigenvalue weighted by atomic mass is 10.2. The van der Waals surface area contributed by atoms with E-state index in [0.29, 0.717) is 0 Å². The van der Waals surface area contributed by atoms with Gasteiger partial charge in [-0.25, -0.2) is 0 Å². The van der Waals surface area contributed by atoms with Crippen molar-refractivity contribution in [2.45, 2.75) is 25.7 Å². The lowest BCUT2D eigenvalue weighted by Gasteiger charge is -1.85. The molecule has 0 fully saturated rings. The highest BCUT2D eigenvalue weighted by molar-refractivity contribution is 4.88. The minimum Gasteiger partial charge on any atom is -0.103 e. The Balaban J connectivity index is 0. The summed E-state index contributed by atoms with van der Waals surface area (Å²) in [7, 11) is 0. The Bertz CT molecular complexity index is 152. The first-order valence-electron chi connectivity index (χ1n) is 4.93. The first kappa shape index (κ1) is 15.2. The van der Waals surface area contributed by atoms with E-state index in [1.807, 2.05) is 12.2 Å². The molecule has 0 aromatic carbocycles. The van der Waals surface area contributed by atoms with Crippen LogP contribution in [-0.4, -0.2) is 0 Å². The summed E-state index contributed by atoms with van der Waals surface area (Å²) in [5.41, 5.74) is 0. The zero-order valence-corrected chi connectivity index (χ0v) is 9.12. The van der Waals surface area contributed by atoms with E-state index in [2.05, 4.69) is 38.5 Å². The van der Waals surface area contributed by atoms with Crippen molar-refractivity contribution in [3.05, 3.63) is 62.8 Å². The number of unbranched alkanes of at least 4 members (excludes halogenated alkanes) is 2. The van der Waals surface area contributed by atoms with E-state index in [1.54, 1.807) is 12.2 Å². The average Bonchev–Trinajstić information content (AvgIpc) is 2.24. The summed E-state index contributed by atoms with van der Waals surface area (Å²) in [6.45, 7) is 14.0. The molecule has 0 aliphatic carbocycles. The highest BCUT2D eigenvalue weighted by Crippen LogP contribution is 1.95. The fourth-order valence-corrected chi connectivity index (χ4v) is 0.664. The second kappa shape index (κ2) is 17.7. The molecule has 0 nitrogen and oxygen atoms in total. The van der Waals surface area contributed by atoms with Crippen molar-refractivity contribution in [1.82, 2.24) is 0 Å². The zero-order chi connectivity index (χ0) is 11.1. The van der Waals surface area contributed by atoms with Crippen LogP contribution in [0.5, 0.6) is 0 Å². The summed E-state index contributed by atoms with van der Waals surface area (Å²) in [6, 6.07) is 0. The van der Waals surface area contributed by atoms with Gasteiger partial charge in [0.15, 0.2) is 0 Å². The molecule has 78 valence electrons. The Labute approximate surface area is 89.0 Å². The normalized spacial score (nSPS) is 8.57. The number of allylic oxidation sites excluding steroid dienone is 6. The number of hydrogen-bond acceptors (Lipinski definition) is 0. The van der Waals surface area contributed by atoms with Gasteiger partial charge in [0.25, 0.3) is 0 Å². The van der Waals surface area contributed by atoms with Crippen molar-refractivity contribution in [2.75, 3.05) is 0 Å². The van der Waals surface area contributed by atoms with E-state index in [-0.39, 0.29) is 0 Å². The fraction of sp³-hybridized carbons (Fsp3) is 0.286. The van der Waals surface area contributed by atoms with E-state index >= 15 is 0 Å². The van der Waals surface area contributed by atoms with Crippen molar-refractivity contribution in [3.63, 3.8) is 0 Å². The predicted molar refractivity (Wildman–Crippen MR) is 68.4 cm³/mol. The lowest BCUT2D eigenvalue weighted by molar-refractivity contribution is 1.01. The summed E-state index contributed by atoms with van der Waals surface area (Å²) < 4.78 is 0. The third kappa shape index (κ3) is 22.4. The molecule has 0 aliphatic rings. The molecule has 0 unspecified atom stereocenters. The molecule has 14 heavy (non-hydrogen) atoms. The van der Waals surface area contributed by atoms with E-state index in [9.17, 15) is 0 Å². The largest absolute Gasteiger partial charge is 0.103 e. The molecule has 0 saturated carbocycles. The molecule has 0 N–H and O–H groups in total. The third-order valence-corrected chi connectivity index (χ3v) is 1.41. The second-order valence-electron chi connectivity index (χ2n) is 2.67. The molecule has 0 aromatic heterocycles. The van der Waals surface area contributed by atoms with Gasteiger partial charge in [-0.3, -0.25) is 0 Å². The molecule has 0 amide bonds. The minimum atomic E-state index is 1.09. The molecule has 0 spiro atoms. The summed E-state index contributed by atoms with van der Waals surface area (Å²) in [6.07, 6.45) is 16.0. The summed E-state index contributed by atoms with van der Waals surface area (Å²) in [4.78, 5) is 0. The van der Waals surface area contributed by atoms with Gasteiger partial charge in [0, 0.05) is 0 Å². The van der Waals surface area contributed by atoms with Crippen LogP contribution in [0, 0.1) is 0 Å². The number of rotatable bonds is 7. The van der Waals surface area contributed by atoms with Crippen molar-refractivity contribution in [1.29, 1.82) is 0 Å². The van der Waals surface area contributed by atoms with Crippen LogP contribution in [-0.2, 0) is 0 Å². The molecule has 0 saturated heterocycles. The van der Waals surface area contributed by atoms with Gasteiger partial charge in [0.05, 0.1) is 0 Å². The Morgan fingerprint density at radius 1 is 0.571 bits per heavy atom. The molecular formula is C14H22. The van der Waals surface area contributed by atoms with Crippen LogP contribution in [0.3, 0.4) is 0 Å². The molecule has 0 radical (unpaired) electrons. The maximum absolute atomic E-state index is 3.64. The van der Waals surface area contributed by atoms with Crippen LogP contribution in [0.15, 0.2) is 62.8 Å². The van der Waals surface area contributed by atoms with Crippen molar-refractivity contribution < 1.29 is 0 Å². The van der Waals surface area contributed by atoms with Gasteiger partial charge >= 0.3 is 0 Å². The summed E-state index contributed by atoms with van der Waals surface area (Å²) in [5, 5.41) is 0. The maximum Gasteiger partial charge on any atom is -0.0316 e. The highest BCUT2D eigenvalue weighted by atomic mass is 13.8. The van der Waals surface area contributed by atoms with Crippen molar-refractivity contribution >= 4 is 0 Å². The molecule has 0 bridgehead atoms. The monoisotopic (exact) mass is 190 g/mol. The predicted octanol–water partition coefficient (Wildman–Crippen LogP) is 4.83. The Hall–Kier alpha value is -1.30. The van der Waals surface area contributed by atoms with E-state index < -0.39 is 0 Å². The molecule has 0 aliphatic heterocycles. The van der Waals surface area contributed by atoms with Gasteiger partial charge in [-0.05, 0) is 25.7 Å². The Morgan fingerprint density at radius 3 is 1.14 bits per heavy atom. The van der Waals surface area contributed by atoms with E-state index in [1.165, 1.54) is 0 Å². The van der Waals surface area contributed by atoms with Crippen LogP contribution in [0.1, 0.15) is 25.7 Å². The SMILES string of the molecule is C=CC=C.C=CCC/C=C/CCC=C. The molecular weight excluding hydrogens is 168 g/mol. The van der Waals surface area contributed by atoms with Crippen LogP contribution in [0.4, 0.5) is 0 Å². The Kier molecular flexibility index (Phi) is 19.2. The second-order valence-corrected chi connectivity index (χ2v) is 2.67. The quantitative estimate of drug-likeness (QED) is 0.306. The lowest BCUT2D eigenvalue weighted by Crippen LogP contribution is -1.65. The third-order valence-electron chi connectivity index (χ3n) is 1.41. The zero-order valence-electron chi connectivity index (χ0n) is 9.12. The van der Waals surface area contributed by atoms with Crippen molar-refractivity contribution in [3.8, 4) is 0 Å². The van der Waals surface area contributed by atoms with Crippen LogP contribution in [0.25, 0.3) is 0 Å². The van der Waals surface area contributed by atoms with Gasteiger partial charge in [0.1, 0.15) is 0 Å². The average molecular weight is 190 g/mol. The smallest absolute Gasteiger partial charge is 0.0316 e. The number of hydrogen-bond donors (Lipinski definition) is 0. The first-order valence-corrected chi connectivity index (χ1v) is 4.93. The molecule has 0 heterocycles. The molecule has 0 rings (SSSR count). The van der Waals surface area contributed by atoms with Gasteiger partial charge in [-0.2, -0.15) is 0 Å².